The van der Waals surface area contributed by atoms with E-state index >= 15 is 0 Å². The highest BCUT2D eigenvalue weighted by atomic mass is 32.1. The number of fused-ring (bicyclic) bond motifs is 2. The Morgan fingerprint density at radius 1 is 1.03 bits per heavy atom. The number of nitrogens with one attached hydrogen (secondary N) is 2. The van der Waals surface area contributed by atoms with Crippen LogP contribution in [0.15, 0.2) is 89.9 Å². The zero-order chi connectivity index (χ0) is 24.2. The minimum Gasteiger partial charge on any atom is -0.481 e. The van der Waals surface area contributed by atoms with Crippen molar-refractivity contribution in [3.63, 3.8) is 0 Å². The average Bonchev–Trinajstić information content (AvgIpc) is 3.48. The summed E-state index contributed by atoms with van der Waals surface area (Å²) in [5, 5.41) is 8.96. The molecule has 0 bridgehead atoms. The number of nitrogen functional groups attached to an aromatic ring is 1. The molecule has 0 aliphatic carbocycles. The maximum atomic E-state index is 11.4. The lowest BCUT2D eigenvalue weighted by Crippen LogP contribution is -2.07. The normalized spacial score (nSPS) is 10.7. The summed E-state index contributed by atoms with van der Waals surface area (Å²) < 4.78 is 7.85. The molecular weight excluding hydrogens is 462 g/mol. The number of ether oxygens (including phenoxy) is 1. The summed E-state index contributed by atoms with van der Waals surface area (Å²) in [6.07, 6.45) is 1.83. The Kier molecular flexibility index (Phi) is 6.10. The maximum Gasteiger partial charge on any atom is 0.249 e. The number of hydrogen-bond donors (Lipinski definition) is 3. The van der Waals surface area contributed by atoms with Gasteiger partial charge in [0.15, 0.2) is 11.5 Å². The third-order valence-electron chi connectivity index (χ3n) is 5.03. The first-order valence-corrected chi connectivity index (χ1v) is 11.5. The van der Waals surface area contributed by atoms with Gasteiger partial charge in [0.2, 0.25) is 11.4 Å². The van der Waals surface area contributed by atoms with Gasteiger partial charge in [0, 0.05) is 16.8 Å². The molecule has 0 saturated heterocycles. The molecule has 6 rings (SSSR count). The Labute approximate surface area is 203 Å². The lowest BCUT2D eigenvalue weighted by Gasteiger charge is -2.06. The fraction of sp³-hybridized carbons (Fsp3) is 0.0400. The van der Waals surface area contributed by atoms with Gasteiger partial charge in [-0.15, -0.1) is 16.4 Å². The molecule has 0 saturated carbocycles. The van der Waals surface area contributed by atoms with E-state index in [1.54, 1.807) is 48.8 Å². The SMILES string of the molecule is COc1cccc(N)n1.O=c1cccc(Nc2ccc3ncc(-c4cc5ccccc5s4)n3n2)[nH]1. The molecule has 5 heterocycles. The molecule has 0 spiro atoms. The van der Waals surface area contributed by atoms with E-state index in [1.807, 2.05) is 35.0 Å². The van der Waals surface area contributed by atoms with Gasteiger partial charge < -0.3 is 20.8 Å². The number of H-pyrrole nitrogens is 1. The van der Waals surface area contributed by atoms with Crippen LogP contribution in [0.1, 0.15) is 0 Å². The van der Waals surface area contributed by atoms with Gasteiger partial charge in [-0.05, 0) is 41.8 Å². The Bertz CT molecular complexity index is 1640. The Balaban J connectivity index is 0.000000239. The van der Waals surface area contributed by atoms with Gasteiger partial charge in [-0.25, -0.2) is 9.50 Å². The first-order chi connectivity index (χ1) is 17.1. The van der Waals surface area contributed by atoms with Gasteiger partial charge in [0.1, 0.15) is 17.3 Å². The van der Waals surface area contributed by atoms with Crippen LogP contribution < -0.4 is 21.3 Å². The highest BCUT2D eigenvalue weighted by molar-refractivity contribution is 7.22. The van der Waals surface area contributed by atoms with Crippen molar-refractivity contribution in [1.29, 1.82) is 0 Å². The molecule has 0 amide bonds. The molecule has 0 aliphatic rings. The molecule has 0 atom stereocenters. The van der Waals surface area contributed by atoms with Gasteiger partial charge in [-0.1, -0.05) is 30.3 Å². The number of benzene rings is 1. The lowest BCUT2D eigenvalue weighted by molar-refractivity contribution is 0.398. The van der Waals surface area contributed by atoms with Crippen molar-refractivity contribution in [3.05, 3.63) is 95.4 Å². The fourth-order valence-electron chi connectivity index (χ4n) is 3.42. The molecule has 1 aromatic carbocycles. The summed E-state index contributed by atoms with van der Waals surface area (Å²) in [5.41, 5.74) is 6.89. The number of methoxy groups -OCH3 is 1. The topological polar surface area (TPSA) is 123 Å². The van der Waals surface area contributed by atoms with E-state index in [2.05, 4.69) is 43.6 Å². The van der Waals surface area contributed by atoms with Crippen LogP contribution in [0.2, 0.25) is 0 Å². The van der Waals surface area contributed by atoms with Crippen LogP contribution >= 0.6 is 11.3 Å². The van der Waals surface area contributed by atoms with E-state index in [0.29, 0.717) is 23.3 Å². The number of thiophene rings is 1. The molecule has 0 aliphatic heterocycles. The van der Waals surface area contributed by atoms with Crippen LogP contribution in [-0.2, 0) is 0 Å². The second-order valence-corrected chi connectivity index (χ2v) is 8.52. The monoisotopic (exact) mass is 483 g/mol. The predicted octanol–water partition coefficient (Wildman–Crippen LogP) is 4.72. The highest BCUT2D eigenvalue weighted by Crippen LogP contribution is 2.33. The molecule has 0 fully saturated rings. The van der Waals surface area contributed by atoms with Crippen molar-refractivity contribution in [3.8, 4) is 16.5 Å². The molecule has 0 radical (unpaired) electrons. The standard InChI is InChI=1S/C19H13N5OS.C6H8N2O/c25-19-7-3-6-16(22-19)21-17-8-9-18-20-11-13(24(18)23-17)15-10-12-4-1-2-5-14(12)26-15;1-9-6-4-2-3-5(7)8-6/h1-11H,(H2,21,22,23,25);2-4H,1H3,(H2,7,8). The zero-order valence-electron chi connectivity index (χ0n) is 18.7. The Hall–Kier alpha value is -4.70. The lowest BCUT2D eigenvalue weighted by atomic mass is 10.2. The van der Waals surface area contributed by atoms with Gasteiger partial charge in [0.05, 0.1) is 18.2 Å². The molecule has 6 aromatic rings. The van der Waals surface area contributed by atoms with E-state index in [-0.39, 0.29) is 5.56 Å². The smallest absolute Gasteiger partial charge is 0.249 e. The Morgan fingerprint density at radius 2 is 1.89 bits per heavy atom. The summed E-state index contributed by atoms with van der Waals surface area (Å²) in [6.45, 7) is 0. The van der Waals surface area contributed by atoms with Gasteiger partial charge in [0.25, 0.3) is 0 Å². The van der Waals surface area contributed by atoms with E-state index < -0.39 is 0 Å². The van der Waals surface area contributed by atoms with Crippen LogP contribution in [0.3, 0.4) is 0 Å². The number of pyridine rings is 2. The van der Waals surface area contributed by atoms with Gasteiger partial charge in [-0.2, -0.15) is 4.98 Å². The van der Waals surface area contributed by atoms with Crippen molar-refractivity contribution in [2.75, 3.05) is 18.2 Å². The van der Waals surface area contributed by atoms with Crippen LogP contribution in [0, 0.1) is 0 Å². The van der Waals surface area contributed by atoms with Crippen LogP contribution in [-0.4, -0.2) is 31.7 Å². The summed E-state index contributed by atoms with van der Waals surface area (Å²) in [4.78, 5) is 23.6. The number of rotatable bonds is 4. The van der Waals surface area contributed by atoms with Crippen molar-refractivity contribution >= 4 is 44.5 Å². The second-order valence-electron chi connectivity index (χ2n) is 7.44. The minimum atomic E-state index is -0.162. The number of aromatic amines is 1. The third kappa shape index (κ3) is 4.97. The first-order valence-electron chi connectivity index (χ1n) is 10.7. The summed E-state index contributed by atoms with van der Waals surface area (Å²) in [7, 11) is 1.56. The van der Waals surface area contributed by atoms with Crippen molar-refractivity contribution in [1.82, 2.24) is 24.6 Å². The van der Waals surface area contributed by atoms with Crippen LogP contribution in [0.4, 0.5) is 17.5 Å². The second kappa shape index (κ2) is 9.65. The van der Waals surface area contributed by atoms with Crippen molar-refractivity contribution in [2.24, 2.45) is 0 Å². The van der Waals surface area contributed by atoms with Crippen molar-refractivity contribution in [2.45, 2.75) is 0 Å². The number of nitrogens with zero attached hydrogens (tertiary/aromatic N) is 4. The summed E-state index contributed by atoms with van der Waals surface area (Å²) in [5.74, 6) is 2.25. The van der Waals surface area contributed by atoms with Gasteiger partial charge in [-0.3, -0.25) is 4.79 Å². The van der Waals surface area contributed by atoms with Gasteiger partial charge >= 0.3 is 0 Å². The zero-order valence-corrected chi connectivity index (χ0v) is 19.5. The number of anilines is 3. The van der Waals surface area contributed by atoms with E-state index in [1.165, 1.54) is 16.2 Å². The summed E-state index contributed by atoms with van der Waals surface area (Å²) >= 11 is 1.71. The first kappa shape index (κ1) is 22.1. The maximum absolute atomic E-state index is 11.4. The van der Waals surface area contributed by atoms with E-state index in [9.17, 15) is 4.79 Å². The quantitative estimate of drug-likeness (QED) is 0.332. The number of aromatic nitrogens is 5. The summed E-state index contributed by atoms with van der Waals surface area (Å²) in [6, 6.07) is 24.4. The number of hydrogen-bond acceptors (Lipinski definition) is 8. The molecule has 35 heavy (non-hydrogen) atoms. The minimum absolute atomic E-state index is 0.162. The molecule has 5 aromatic heterocycles. The number of nitrogens with two attached hydrogens (primary N) is 1. The van der Waals surface area contributed by atoms with E-state index in [0.717, 1.165) is 16.2 Å². The van der Waals surface area contributed by atoms with Crippen molar-refractivity contribution < 1.29 is 4.74 Å². The van der Waals surface area contributed by atoms with Crippen LogP contribution in [0.5, 0.6) is 5.88 Å². The fourth-order valence-corrected chi connectivity index (χ4v) is 4.48. The molecule has 9 nitrogen and oxygen atoms in total. The van der Waals surface area contributed by atoms with E-state index in [4.69, 9.17) is 10.5 Å². The molecule has 10 heteroatoms. The predicted molar refractivity (Wildman–Crippen MR) is 139 cm³/mol. The third-order valence-corrected chi connectivity index (χ3v) is 6.16. The molecular formula is C25H21N7O2S. The highest BCUT2D eigenvalue weighted by Gasteiger charge is 2.11. The van der Waals surface area contributed by atoms with Crippen LogP contribution in [0.25, 0.3) is 26.3 Å². The number of imidazole rings is 1. The largest absolute Gasteiger partial charge is 0.481 e. The average molecular weight is 484 g/mol. The Morgan fingerprint density at radius 3 is 2.66 bits per heavy atom. The molecule has 4 N–H and O–H groups in total. The molecule has 0 unspecified atom stereocenters. The molecule has 174 valence electrons.